The van der Waals surface area contributed by atoms with E-state index < -0.39 is 0 Å². The van der Waals surface area contributed by atoms with Gasteiger partial charge in [-0.1, -0.05) is 97.8 Å². The van der Waals surface area contributed by atoms with E-state index in [0.29, 0.717) is 0 Å². The fourth-order valence-electron chi connectivity index (χ4n) is 6.12. The van der Waals surface area contributed by atoms with Crippen LogP contribution in [0.4, 0.5) is 0 Å². The Morgan fingerprint density at radius 3 is 2.19 bits per heavy atom. The minimum absolute atomic E-state index is 0.918. The Kier molecular flexibility index (Phi) is 7.94. The highest BCUT2D eigenvalue weighted by Crippen LogP contribution is 2.32. The first-order valence-corrected chi connectivity index (χ1v) is 14.8. The molecule has 0 fully saturated rings. The van der Waals surface area contributed by atoms with Gasteiger partial charge in [0.05, 0.1) is 13.4 Å². The Hall–Kier alpha value is -4.96. The maximum Gasteiger partial charge on any atom is 0.135 e. The monoisotopic (exact) mass is 558 g/mol. The Morgan fingerprint density at radius 2 is 1.40 bits per heavy atom. The number of benzene rings is 5. The molecule has 210 valence electrons. The van der Waals surface area contributed by atoms with Crippen molar-refractivity contribution in [3.8, 4) is 0 Å². The van der Waals surface area contributed by atoms with Crippen LogP contribution in [-0.4, -0.2) is 17.4 Å². The van der Waals surface area contributed by atoms with E-state index in [1.807, 2.05) is 37.3 Å². The number of hydrogen-bond donors (Lipinski definition) is 1. The molecule has 0 aliphatic carbocycles. The minimum atomic E-state index is 0.918. The molecule has 0 atom stereocenters. The van der Waals surface area contributed by atoms with Crippen LogP contribution in [0.15, 0.2) is 120 Å². The molecule has 3 nitrogen and oxygen atoms in total. The van der Waals surface area contributed by atoms with E-state index in [9.17, 15) is 0 Å². The molecule has 4 heteroatoms. The van der Waals surface area contributed by atoms with Gasteiger partial charge in [-0.15, -0.1) is 0 Å². The van der Waals surface area contributed by atoms with Gasteiger partial charge in [-0.2, -0.15) is 0 Å². The normalized spacial score (nSPS) is 11.3. The summed E-state index contributed by atoms with van der Waals surface area (Å²) < 4.78 is 7.96. The Balaban J connectivity index is 0.000000185. The Bertz CT molecular complexity index is 2230. The molecular formula is C39H35BN2O. The topological polar surface area (TPSA) is 33.9 Å². The van der Waals surface area contributed by atoms with Gasteiger partial charge in [0.2, 0.25) is 0 Å². The summed E-state index contributed by atoms with van der Waals surface area (Å²) in [6, 6.07) is 38.8. The molecule has 1 N–H and O–H groups in total. The van der Waals surface area contributed by atoms with Gasteiger partial charge in [0.25, 0.3) is 0 Å². The lowest BCUT2D eigenvalue weighted by molar-refractivity contribution is 0.601. The zero-order chi connectivity index (χ0) is 29.9. The number of nitrogens with one attached hydrogen (secondary N) is 1. The molecule has 3 aromatic heterocycles. The van der Waals surface area contributed by atoms with E-state index in [-0.39, 0.29) is 0 Å². The average molecular weight is 559 g/mol. The second-order valence-electron chi connectivity index (χ2n) is 10.7. The molecule has 0 aliphatic heterocycles. The van der Waals surface area contributed by atoms with Crippen molar-refractivity contribution in [3.63, 3.8) is 0 Å². The number of nitrogens with zero attached hydrogens (tertiary/aromatic N) is 1. The summed E-state index contributed by atoms with van der Waals surface area (Å²) in [5, 5.41) is 6.45. The smallest absolute Gasteiger partial charge is 0.135 e. The quantitative estimate of drug-likeness (QED) is 0.215. The number of H-pyrrole nitrogens is 1. The molecule has 0 saturated heterocycles. The minimum Gasteiger partial charge on any atom is -0.456 e. The zero-order valence-electron chi connectivity index (χ0n) is 25.2. The van der Waals surface area contributed by atoms with E-state index in [0.717, 1.165) is 17.8 Å². The molecular weight excluding hydrogens is 523 g/mol. The Morgan fingerprint density at radius 1 is 0.721 bits per heavy atom. The predicted molar refractivity (Wildman–Crippen MR) is 186 cm³/mol. The maximum absolute atomic E-state index is 5.65. The SMILES string of the molecule is C/C=C\c1oc2ccccc2c1C.Cn1c2ccccc2c2ccc(Cc3cccc4c3[nH]c3ccccc34)cc21.[B]C. The number of rotatable bonds is 3. The largest absolute Gasteiger partial charge is 0.456 e. The lowest BCUT2D eigenvalue weighted by Gasteiger charge is -2.06. The van der Waals surface area contributed by atoms with Gasteiger partial charge in [0, 0.05) is 56.1 Å². The molecule has 0 spiro atoms. The van der Waals surface area contributed by atoms with Crippen molar-refractivity contribution < 1.29 is 4.42 Å². The van der Waals surface area contributed by atoms with E-state index in [1.54, 1.807) is 0 Å². The average Bonchev–Trinajstić information content (AvgIpc) is 3.69. The fraction of sp³-hybridized carbons (Fsp3) is 0.128. The third-order valence-electron chi connectivity index (χ3n) is 8.20. The van der Waals surface area contributed by atoms with Gasteiger partial charge in [-0.05, 0) is 61.7 Å². The van der Waals surface area contributed by atoms with Gasteiger partial charge in [0.1, 0.15) is 11.3 Å². The zero-order valence-corrected chi connectivity index (χ0v) is 25.2. The molecule has 5 aromatic carbocycles. The number of hydrogen-bond acceptors (Lipinski definition) is 1. The van der Waals surface area contributed by atoms with Crippen molar-refractivity contribution in [2.24, 2.45) is 7.05 Å². The van der Waals surface area contributed by atoms with Crippen LogP contribution in [0.25, 0.3) is 60.7 Å². The second kappa shape index (κ2) is 12.1. The Labute approximate surface area is 253 Å². The number of para-hydroxylation sites is 4. The highest BCUT2D eigenvalue weighted by molar-refractivity contribution is 6.09. The number of aromatic nitrogens is 2. The van der Waals surface area contributed by atoms with Crippen LogP contribution < -0.4 is 0 Å². The summed E-state index contributed by atoms with van der Waals surface area (Å²) in [7, 11) is 6.66. The summed E-state index contributed by atoms with van der Waals surface area (Å²) in [4.78, 5) is 3.63. The van der Waals surface area contributed by atoms with Crippen molar-refractivity contribution in [2.45, 2.75) is 27.1 Å². The van der Waals surface area contributed by atoms with Gasteiger partial charge in [-0.3, -0.25) is 0 Å². The lowest BCUT2D eigenvalue weighted by Crippen LogP contribution is -1.92. The third-order valence-corrected chi connectivity index (χ3v) is 8.20. The molecule has 0 amide bonds. The predicted octanol–water partition coefficient (Wildman–Crippen LogP) is 10.5. The molecule has 43 heavy (non-hydrogen) atoms. The molecule has 0 aliphatic rings. The molecule has 0 saturated carbocycles. The van der Waals surface area contributed by atoms with Gasteiger partial charge in [0.15, 0.2) is 0 Å². The summed E-state index contributed by atoms with van der Waals surface area (Å²) in [6.45, 7) is 5.58. The molecule has 2 radical (unpaired) electrons. The summed E-state index contributed by atoms with van der Waals surface area (Å²) in [5.74, 6) is 0.962. The van der Waals surface area contributed by atoms with E-state index in [1.165, 1.54) is 72.5 Å². The molecule has 3 heterocycles. The molecule has 8 aromatic rings. The van der Waals surface area contributed by atoms with E-state index >= 15 is 0 Å². The van der Waals surface area contributed by atoms with Crippen LogP contribution in [0.3, 0.4) is 0 Å². The summed E-state index contributed by atoms with van der Waals surface area (Å²) in [6.07, 6.45) is 4.90. The van der Waals surface area contributed by atoms with Crippen molar-refractivity contribution in [2.75, 3.05) is 0 Å². The van der Waals surface area contributed by atoms with Crippen LogP contribution in [0.2, 0.25) is 6.82 Å². The lowest BCUT2D eigenvalue weighted by atomic mass is 10.0. The first-order chi connectivity index (χ1) is 21.1. The molecule has 0 unspecified atom stereocenters. The number of aromatic amines is 1. The first kappa shape index (κ1) is 28.2. The summed E-state index contributed by atoms with van der Waals surface area (Å²) >= 11 is 0. The van der Waals surface area contributed by atoms with Crippen LogP contribution in [0, 0.1) is 6.92 Å². The van der Waals surface area contributed by atoms with Crippen molar-refractivity contribution in [3.05, 3.63) is 138 Å². The first-order valence-electron chi connectivity index (χ1n) is 14.8. The van der Waals surface area contributed by atoms with Gasteiger partial charge >= 0.3 is 0 Å². The second-order valence-corrected chi connectivity index (χ2v) is 10.7. The fourth-order valence-corrected chi connectivity index (χ4v) is 6.12. The number of aryl methyl sites for hydroxylation is 2. The third kappa shape index (κ3) is 5.14. The number of fused-ring (bicyclic) bond motifs is 7. The van der Waals surface area contributed by atoms with Crippen LogP contribution in [-0.2, 0) is 13.5 Å². The van der Waals surface area contributed by atoms with Crippen LogP contribution in [0.1, 0.15) is 29.4 Å². The number of allylic oxidation sites excluding steroid dienone is 1. The van der Waals surface area contributed by atoms with Crippen molar-refractivity contribution in [1.29, 1.82) is 0 Å². The van der Waals surface area contributed by atoms with Gasteiger partial charge in [-0.25, -0.2) is 0 Å². The van der Waals surface area contributed by atoms with Crippen molar-refractivity contribution >= 4 is 68.5 Å². The maximum atomic E-state index is 5.65. The summed E-state index contributed by atoms with van der Waals surface area (Å²) in [5.41, 5.74) is 9.89. The number of furan rings is 1. The standard InChI is InChI=1S/C26H20N2.C12H12O.CH3B/c1-28-24-12-5-3-9-20(24)21-14-13-17(16-25(21)28)15-18-7-6-10-22-19-8-2-4-11-23(19)27-26(18)22;1-3-6-11-9(2)10-7-4-5-8-12(10)13-11;1-2/h2-14,16,27H,15H2,1H3;3-8H,1-2H3;1H3/b;6-3-;. The van der Waals surface area contributed by atoms with E-state index in [2.05, 4.69) is 122 Å². The highest BCUT2D eigenvalue weighted by Gasteiger charge is 2.11. The van der Waals surface area contributed by atoms with Crippen molar-refractivity contribution in [1.82, 2.24) is 9.55 Å². The van der Waals surface area contributed by atoms with Gasteiger partial charge < -0.3 is 14.0 Å². The molecule has 8 rings (SSSR count). The highest BCUT2D eigenvalue weighted by atomic mass is 16.3. The van der Waals surface area contributed by atoms with Crippen LogP contribution >= 0.6 is 0 Å². The van der Waals surface area contributed by atoms with E-state index in [4.69, 9.17) is 4.42 Å². The van der Waals surface area contributed by atoms with Crippen LogP contribution in [0.5, 0.6) is 0 Å². The molecule has 0 bridgehead atoms.